The average molecular weight is 262 g/mol. The van der Waals surface area contributed by atoms with Crippen LogP contribution in [0, 0.1) is 0 Å². The van der Waals surface area contributed by atoms with Gasteiger partial charge in [-0.3, -0.25) is 4.79 Å². The van der Waals surface area contributed by atoms with Crippen molar-refractivity contribution in [3.05, 3.63) is 30.9 Å². The van der Waals surface area contributed by atoms with E-state index in [1.165, 1.54) is 6.08 Å². The molecule has 0 bridgehead atoms. The molecule has 0 radical (unpaired) electrons. The van der Waals surface area contributed by atoms with Crippen molar-refractivity contribution in [2.75, 3.05) is 37.0 Å². The molecule has 4 N–H and O–H groups in total. The molecular weight excluding hydrogens is 240 g/mol. The molecule has 0 spiro atoms. The highest BCUT2D eigenvalue weighted by Crippen LogP contribution is 2.24. The predicted octanol–water partition coefficient (Wildman–Crippen LogP) is 1.76. The Morgan fingerprint density at radius 1 is 1.47 bits per heavy atom. The number of hydrogen-bond donors (Lipinski definition) is 3. The maximum absolute atomic E-state index is 11.4. The van der Waals surface area contributed by atoms with Crippen LogP contribution >= 0.6 is 0 Å². The minimum Gasteiger partial charge on any atom is -0.399 e. The van der Waals surface area contributed by atoms with Crippen molar-refractivity contribution < 1.29 is 4.79 Å². The summed E-state index contributed by atoms with van der Waals surface area (Å²) in [5, 5.41) is 6.05. The van der Waals surface area contributed by atoms with Gasteiger partial charge in [-0.2, -0.15) is 0 Å². The topological polar surface area (TPSA) is 70.4 Å². The summed E-state index contributed by atoms with van der Waals surface area (Å²) in [6, 6.07) is 5.76. The van der Waals surface area contributed by atoms with Crippen LogP contribution in [0.2, 0.25) is 0 Å². The number of rotatable bonds is 6. The molecule has 5 heteroatoms. The number of nitrogens with zero attached hydrogens (tertiary/aromatic N) is 1. The smallest absolute Gasteiger partial charge is 0.247 e. The van der Waals surface area contributed by atoms with Crippen LogP contribution < -0.4 is 16.4 Å². The molecule has 0 heterocycles. The number of likely N-dealkylation sites (N-methyl/N-ethyl adjacent to an activating group) is 1. The molecule has 104 valence electrons. The number of nitrogens with one attached hydrogen (secondary N) is 2. The summed E-state index contributed by atoms with van der Waals surface area (Å²) in [6.45, 7) is 6.32. The van der Waals surface area contributed by atoms with Crippen molar-refractivity contribution in [3.8, 4) is 0 Å². The molecule has 1 aromatic rings. The SMILES string of the molecule is C=CC(=O)Nc1cc(N)ccc1NCC(C)N(C)C. The zero-order chi connectivity index (χ0) is 14.4. The Hall–Kier alpha value is -2.01. The molecule has 1 aromatic carbocycles. The fraction of sp³-hybridized carbons (Fsp3) is 0.357. The maximum Gasteiger partial charge on any atom is 0.247 e. The number of benzene rings is 1. The first-order valence-electron chi connectivity index (χ1n) is 6.17. The van der Waals surface area contributed by atoms with Crippen molar-refractivity contribution in [2.24, 2.45) is 0 Å². The zero-order valence-electron chi connectivity index (χ0n) is 11.7. The van der Waals surface area contributed by atoms with E-state index in [1.54, 1.807) is 12.1 Å². The first-order valence-corrected chi connectivity index (χ1v) is 6.17. The van der Waals surface area contributed by atoms with Crippen molar-refractivity contribution in [1.29, 1.82) is 0 Å². The van der Waals surface area contributed by atoms with Crippen LogP contribution in [-0.4, -0.2) is 37.5 Å². The summed E-state index contributed by atoms with van der Waals surface area (Å²) in [7, 11) is 4.05. The fourth-order valence-corrected chi connectivity index (χ4v) is 1.44. The second-order valence-corrected chi connectivity index (χ2v) is 4.69. The molecule has 0 saturated carbocycles. The summed E-state index contributed by atoms with van der Waals surface area (Å²) >= 11 is 0. The molecule has 0 aliphatic rings. The third kappa shape index (κ3) is 4.63. The zero-order valence-corrected chi connectivity index (χ0v) is 11.7. The quantitative estimate of drug-likeness (QED) is 0.539. The molecular formula is C14H22N4O. The van der Waals surface area contributed by atoms with Crippen molar-refractivity contribution in [1.82, 2.24) is 4.90 Å². The number of amides is 1. The first kappa shape index (κ1) is 15.0. The Kier molecular flexibility index (Phi) is 5.38. The van der Waals surface area contributed by atoms with E-state index < -0.39 is 0 Å². The van der Waals surface area contributed by atoms with Crippen LogP contribution in [0.1, 0.15) is 6.92 Å². The lowest BCUT2D eigenvalue weighted by Crippen LogP contribution is -2.31. The summed E-state index contributed by atoms with van der Waals surface area (Å²) in [5.41, 5.74) is 7.85. The van der Waals surface area contributed by atoms with Gasteiger partial charge in [0, 0.05) is 18.3 Å². The van der Waals surface area contributed by atoms with Gasteiger partial charge < -0.3 is 21.3 Å². The van der Waals surface area contributed by atoms with E-state index in [0.29, 0.717) is 17.4 Å². The molecule has 0 fully saturated rings. The maximum atomic E-state index is 11.4. The van der Waals surface area contributed by atoms with Crippen molar-refractivity contribution in [3.63, 3.8) is 0 Å². The fourth-order valence-electron chi connectivity index (χ4n) is 1.44. The van der Waals surface area contributed by atoms with E-state index in [0.717, 1.165) is 12.2 Å². The lowest BCUT2D eigenvalue weighted by Gasteiger charge is -2.21. The molecule has 0 aliphatic heterocycles. The third-order valence-corrected chi connectivity index (χ3v) is 2.96. The Morgan fingerprint density at radius 3 is 2.74 bits per heavy atom. The van der Waals surface area contributed by atoms with Gasteiger partial charge in [0.1, 0.15) is 0 Å². The molecule has 5 nitrogen and oxygen atoms in total. The van der Waals surface area contributed by atoms with Crippen LogP contribution in [0.3, 0.4) is 0 Å². The molecule has 19 heavy (non-hydrogen) atoms. The number of hydrogen-bond acceptors (Lipinski definition) is 4. The van der Waals surface area contributed by atoms with Gasteiger partial charge >= 0.3 is 0 Å². The highest BCUT2D eigenvalue weighted by Gasteiger charge is 2.08. The summed E-state index contributed by atoms with van der Waals surface area (Å²) in [4.78, 5) is 13.5. The first-order chi connectivity index (χ1) is 8.93. The molecule has 0 saturated heterocycles. The van der Waals surface area contributed by atoms with Crippen LogP contribution in [0.5, 0.6) is 0 Å². The number of carbonyl (C=O) groups is 1. The average Bonchev–Trinajstić information content (AvgIpc) is 2.37. The second-order valence-electron chi connectivity index (χ2n) is 4.69. The van der Waals surface area contributed by atoms with Gasteiger partial charge in [-0.1, -0.05) is 6.58 Å². The highest BCUT2D eigenvalue weighted by atomic mass is 16.1. The van der Waals surface area contributed by atoms with Crippen LogP contribution in [0.4, 0.5) is 17.1 Å². The van der Waals surface area contributed by atoms with Gasteiger partial charge in [0.2, 0.25) is 5.91 Å². The number of anilines is 3. The highest BCUT2D eigenvalue weighted by molar-refractivity contribution is 6.01. The van der Waals surface area contributed by atoms with E-state index in [1.807, 2.05) is 20.2 Å². The van der Waals surface area contributed by atoms with Gasteiger partial charge in [0.15, 0.2) is 0 Å². The Morgan fingerprint density at radius 2 is 2.16 bits per heavy atom. The Bertz CT molecular complexity index is 457. The standard InChI is InChI=1S/C14H22N4O/c1-5-14(19)17-13-8-11(15)6-7-12(13)16-9-10(2)18(3)4/h5-8,10,16H,1,9,15H2,2-4H3,(H,17,19). The number of nitrogen functional groups attached to an aromatic ring is 1. The monoisotopic (exact) mass is 262 g/mol. The molecule has 1 amide bonds. The predicted molar refractivity (Wildman–Crippen MR) is 81.3 cm³/mol. The second kappa shape index (κ2) is 6.80. The van der Waals surface area contributed by atoms with Gasteiger partial charge in [-0.15, -0.1) is 0 Å². The van der Waals surface area contributed by atoms with Crippen molar-refractivity contribution >= 4 is 23.0 Å². The third-order valence-electron chi connectivity index (χ3n) is 2.96. The van der Waals surface area contributed by atoms with E-state index in [4.69, 9.17) is 5.73 Å². The number of carbonyl (C=O) groups excluding carboxylic acids is 1. The summed E-state index contributed by atoms with van der Waals surface area (Å²) in [6.07, 6.45) is 1.23. The molecule has 1 unspecified atom stereocenters. The van der Waals surface area contributed by atoms with E-state index in [9.17, 15) is 4.79 Å². The van der Waals surface area contributed by atoms with Gasteiger partial charge in [0.05, 0.1) is 11.4 Å². The molecule has 1 atom stereocenters. The summed E-state index contributed by atoms with van der Waals surface area (Å²) in [5.74, 6) is -0.255. The molecule has 0 aromatic heterocycles. The number of nitrogens with two attached hydrogens (primary N) is 1. The van der Waals surface area contributed by atoms with E-state index >= 15 is 0 Å². The van der Waals surface area contributed by atoms with Crippen molar-refractivity contribution in [2.45, 2.75) is 13.0 Å². The van der Waals surface area contributed by atoms with E-state index in [2.05, 4.69) is 29.0 Å². The Labute approximate surface area is 114 Å². The Balaban J connectivity index is 2.81. The molecule has 1 rings (SSSR count). The lowest BCUT2D eigenvalue weighted by molar-refractivity contribution is -0.111. The normalized spacial score (nSPS) is 12.0. The molecule has 0 aliphatic carbocycles. The minimum atomic E-state index is -0.255. The minimum absolute atomic E-state index is 0.255. The lowest BCUT2D eigenvalue weighted by atomic mass is 10.2. The van der Waals surface area contributed by atoms with Gasteiger partial charge in [0.25, 0.3) is 0 Å². The van der Waals surface area contributed by atoms with Crippen LogP contribution in [0.15, 0.2) is 30.9 Å². The van der Waals surface area contributed by atoms with Gasteiger partial charge in [-0.05, 0) is 45.3 Å². The van der Waals surface area contributed by atoms with E-state index in [-0.39, 0.29) is 5.91 Å². The summed E-state index contributed by atoms with van der Waals surface area (Å²) < 4.78 is 0. The van der Waals surface area contributed by atoms with Crippen LogP contribution in [-0.2, 0) is 4.79 Å². The largest absolute Gasteiger partial charge is 0.399 e. The van der Waals surface area contributed by atoms with Gasteiger partial charge in [-0.25, -0.2) is 0 Å². The van der Waals surface area contributed by atoms with Crippen LogP contribution in [0.25, 0.3) is 0 Å².